The van der Waals surface area contributed by atoms with Gasteiger partial charge in [-0.1, -0.05) is 11.6 Å². The lowest BCUT2D eigenvalue weighted by molar-refractivity contribution is 0.332. The zero-order chi connectivity index (χ0) is 18.2. The lowest BCUT2D eigenvalue weighted by atomic mass is 10.2. The molecule has 0 aliphatic heterocycles. The van der Waals surface area contributed by atoms with E-state index in [1.54, 1.807) is 25.3 Å². The smallest absolute Gasteiger partial charge is 0.175 e. The molecule has 2 rings (SSSR count). The molecule has 0 aliphatic rings. The van der Waals surface area contributed by atoms with Gasteiger partial charge in [-0.2, -0.15) is 0 Å². The van der Waals surface area contributed by atoms with Gasteiger partial charge in [-0.3, -0.25) is 0 Å². The van der Waals surface area contributed by atoms with Gasteiger partial charge < -0.3 is 24.8 Å². The Kier molecular flexibility index (Phi) is 7.16. The van der Waals surface area contributed by atoms with Crippen LogP contribution in [0.5, 0.6) is 17.2 Å². The van der Waals surface area contributed by atoms with Gasteiger partial charge in [0.25, 0.3) is 0 Å². The van der Waals surface area contributed by atoms with Gasteiger partial charge >= 0.3 is 0 Å². The molecule has 2 N–H and O–H groups in total. The Bertz CT molecular complexity index is 740. The number of hydrogen-bond acceptors (Lipinski definition) is 4. The molecule has 0 atom stereocenters. The highest BCUT2D eigenvalue weighted by Gasteiger charge is 2.10. The van der Waals surface area contributed by atoms with Gasteiger partial charge in [0.1, 0.15) is 17.2 Å². The first kappa shape index (κ1) is 19.1. The summed E-state index contributed by atoms with van der Waals surface area (Å²) in [5, 5.41) is 7.18. The summed E-state index contributed by atoms with van der Waals surface area (Å²) in [6.07, 6.45) is 0. The molecule has 0 radical (unpaired) electrons. The van der Waals surface area contributed by atoms with E-state index >= 15 is 0 Å². The molecule has 25 heavy (non-hydrogen) atoms. The zero-order valence-corrected chi connectivity index (χ0v) is 16.0. The quantitative estimate of drug-likeness (QED) is 0.662. The largest absolute Gasteiger partial charge is 0.495 e. The van der Waals surface area contributed by atoms with Crippen LogP contribution in [0.3, 0.4) is 0 Å². The number of ether oxygens (including phenoxy) is 3. The predicted molar refractivity (Wildman–Crippen MR) is 107 cm³/mol. The molecule has 134 valence electrons. The Morgan fingerprint density at radius 2 is 1.60 bits per heavy atom. The van der Waals surface area contributed by atoms with Crippen LogP contribution in [0.1, 0.15) is 13.8 Å². The van der Waals surface area contributed by atoms with Crippen LogP contribution in [0.25, 0.3) is 0 Å². The fourth-order valence-electron chi connectivity index (χ4n) is 2.20. The maximum atomic E-state index is 6.04. The molecule has 0 amide bonds. The fraction of sp³-hybridized carbons (Fsp3) is 0.278. The molecule has 0 bridgehead atoms. The summed E-state index contributed by atoms with van der Waals surface area (Å²) >= 11 is 11.4. The molecule has 2 aromatic carbocycles. The zero-order valence-electron chi connectivity index (χ0n) is 14.4. The number of rotatable bonds is 7. The highest BCUT2D eigenvalue weighted by molar-refractivity contribution is 7.80. The first-order chi connectivity index (χ1) is 12.1. The number of thiocarbonyl (C=S) groups is 1. The van der Waals surface area contributed by atoms with E-state index in [1.165, 1.54) is 0 Å². The van der Waals surface area contributed by atoms with E-state index in [9.17, 15) is 0 Å². The van der Waals surface area contributed by atoms with E-state index in [4.69, 9.17) is 38.0 Å². The lowest BCUT2D eigenvalue weighted by Gasteiger charge is -2.17. The third kappa shape index (κ3) is 5.41. The number of hydrogen-bond donors (Lipinski definition) is 2. The van der Waals surface area contributed by atoms with Crippen LogP contribution in [0.2, 0.25) is 5.02 Å². The van der Waals surface area contributed by atoms with E-state index < -0.39 is 0 Å². The minimum absolute atomic E-state index is 0.384. The van der Waals surface area contributed by atoms with Crippen molar-refractivity contribution in [3.05, 3.63) is 41.4 Å². The lowest BCUT2D eigenvalue weighted by Crippen LogP contribution is -2.20. The summed E-state index contributed by atoms with van der Waals surface area (Å²) in [4.78, 5) is 0. The molecule has 2 aromatic rings. The van der Waals surface area contributed by atoms with Crippen molar-refractivity contribution < 1.29 is 14.2 Å². The van der Waals surface area contributed by atoms with E-state index in [2.05, 4.69) is 10.6 Å². The maximum absolute atomic E-state index is 6.04. The molecular weight excluding hydrogens is 360 g/mol. The van der Waals surface area contributed by atoms with Crippen molar-refractivity contribution in [2.45, 2.75) is 13.8 Å². The van der Waals surface area contributed by atoms with E-state index in [0.29, 0.717) is 46.2 Å². The van der Waals surface area contributed by atoms with E-state index in [-0.39, 0.29) is 0 Å². The summed E-state index contributed by atoms with van der Waals surface area (Å²) in [6.45, 7) is 4.98. The molecule has 0 fully saturated rings. The molecule has 0 saturated heterocycles. The van der Waals surface area contributed by atoms with Crippen molar-refractivity contribution in [2.24, 2.45) is 0 Å². The Morgan fingerprint density at radius 3 is 2.24 bits per heavy atom. The van der Waals surface area contributed by atoms with Crippen LogP contribution in [-0.4, -0.2) is 25.4 Å². The number of benzene rings is 2. The molecule has 5 nitrogen and oxygen atoms in total. The van der Waals surface area contributed by atoms with Crippen molar-refractivity contribution in [3.8, 4) is 17.2 Å². The van der Waals surface area contributed by atoms with E-state index in [0.717, 1.165) is 5.75 Å². The third-order valence-corrected chi connectivity index (χ3v) is 3.66. The summed E-state index contributed by atoms with van der Waals surface area (Å²) < 4.78 is 16.5. The van der Waals surface area contributed by atoms with Gasteiger partial charge in [-0.25, -0.2) is 0 Å². The van der Waals surface area contributed by atoms with E-state index in [1.807, 2.05) is 32.0 Å². The summed E-state index contributed by atoms with van der Waals surface area (Å²) in [7, 11) is 1.59. The molecule has 0 aromatic heterocycles. The first-order valence-electron chi connectivity index (χ1n) is 7.88. The molecule has 7 heteroatoms. The average Bonchev–Trinajstić information content (AvgIpc) is 2.58. The predicted octanol–water partition coefficient (Wildman–Crippen LogP) is 4.95. The topological polar surface area (TPSA) is 51.8 Å². The highest BCUT2D eigenvalue weighted by Crippen LogP contribution is 2.31. The van der Waals surface area contributed by atoms with Gasteiger partial charge in [-0.05, 0) is 56.4 Å². The monoisotopic (exact) mass is 380 g/mol. The second-order valence-corrected chi connectivity index (χ2v) is 5.79. The standard InChI is InChI=1S/C18H21ClN2O3S/c1-4-23-13-7-9-17(24-5-2)15(11-13)21-18(25)20-14-10-12(19)6-8-16(14)22-3/h6-11H,4-5H2,1-3H3,(H2,20,21,25). The Morgan fingerprint density at radius 1 is 0.960 bits per heavy atom. The number of halogens is 1. The maximum Gasteiger partial charge on any atom is 0.175 e. The fourth-order valence-corrected chi connectivity index (χ4v) is 2.59. The number of methoxy groups -OCH3 is 1. The van der Waals surface area contributed by atoms with Crippen LogP contribution in [-0.2, 0) is 0 Å². The molecule has 0 heterocycles. The van der Waals surface area contributed by atoms with Crippen LogP contribution in [0, 0.1) is 0 Å². The number of nitrogens with one attached hydrogen (secondary N) is 2. The second kappa shape index (κ2) is 9.34. The van der Waals surface area contributed by atoms with Crippen molar-refractivity contribution in [2.75, 3.05) is 31.0 Å². The summed E-state index contributed by atoms with van der Waals surface area (Å²) in [5.41, 5.74) is 1.39. The van der Waals surface area contributed by atoms with Gasteiger partial charge in [0, 0.05) is 11.1 Å². The normalized spacial score (nSPS) is 10.1. The number of anilines is 2. The second-order valence-electron chi connectivity index (χ2n) is 4.95. The minimum Gasteiger partial charge on any atom is -0.495 e. The average molecular weight is 381 g/mol. The van der Waals surface area contributed by atoms with Gasteiger partial charge in [-0.15, -0.1) is 0 Å². The van der Waals surface area contributed by atoms with Crippen molar-refractivity contribution in [1.29, 1.82) is 0 Å². The summed E-state index contributed by atoms with van der Waals surface area (Å²) in [6, 6.07) is 10.8. The Hall–Kier alpha value is -2.18. The van der Waals surface area contributed by atoms with Crippen LogP contribution in [0.15, 0.2) is 36.4 Å². The van der Waals surface area contributed by atoms with Gasteiger partial charge in [0.15, 0.2) is 5.11 Å². The third-order valence-electron chi connectivity index (χ3n) is 3.22. The van der Waals surface area contributed by atoms with Crippen LogP contribution < -0.4 is 24.8 Å². The molecule has 0 aliphatic carbocycles. The molecule has 0 spiro atoms. The Balaban J connectivity index is 2.19. The van der Waals surface area contributed by atoms with Crippen LogP contribution >= 0.6 is 23.8 Å². The van der Waals surface area contributed by atoms with Crippen molar-refractivity contribution in [3.63, 3.8) is 0 Å². The van der Waals surface area contributed by atoms with Gasteiger partial charge in [0.2, 0.25) is 0 Å². The Labute approximate surface area is 158 Å². The summed E-state index contributed by atoms with van der Waals surface area (Å²) in [5.74, 6) is 2.06. The van der Waals surface area contributed by atoms with Crippen molar-refractivity contribution >= 4 is 40.3 Å². The van der Waals surface area contributed by atoms with Crippen LogP contribution in [0.4, 0.5) is 11.4 Å². The SMILES string of the molecule is CCOc1ccc(OCC)c(NC(=S)Nc2cc(Cl)ccc2OC)c1. The molecule has 0 unspecified atom stereocenters. The minimum atomic E-state index is 0.384. The van der Waals surface area contributed by atoms with Crippen molar-refractivity contribution in [1.82, 2.24) is 0 Å². The first-order valence-corrected chi connectivity index (χ1v) is 8.67. The highest BCUT2D eigenvalue weighted by atomic mass is 35.5. The molecule has 0 saturated carbocycles. The molecular formula is C18H21ClN2O3S. The van der Waals surface area contributed by atoms with Gasteiger partial charge in [0.05, 0.1) is 31.7 Å².